The lowest BCUT2D eigenvalue weighted by Gasteiger charge is -2.32. The van der Waals surface area contributed by atoms with E-state index in [0.29, 0.717) is 12.8 Å². The standard InChI is InChI=1S/C17H32N2O3S/c1-13(2)16(23(21,22)15-7-5-4-6-8-15)17(20)18-14-9-11-19(3)12-10-14/h13-16H,4-12H2,1-3H3,(H,18,20)/t16-/m1/s1. The highest BCUT2D eigenvalue weighted by atomic mass is 32.2. The molecule has 1 aliphatic heterocycles. The Morgan fingerprint density at radius 2 is 1.61 bits per heavy atom. The average Bonchev–Trinajstić information content (AvgIpc) is 2.50. The highest BCUT2D eigenvalue weighted by Gasteiger charge is 2.41. The maximum absolute atomic E-state index is 13.0. The first kappa shape index (κ1) is 18.7. The normalized spacial score (nSPS) is 23.8. The minimum absolute atomic E-state index is 0.113. The molecule has 6 heteroatoms. The van der Waals surface area contributed by atoms with Crippen molar-refractivity contribution in [3.8, 4) is 0 Å². The molecule has 1 saturated heterocycles. The first-order valence-corrected chi connectivity index (χ1v) is 10.6. The average molecular weight is 345 g/mol. The zero-order valence-corrected chi connectivity index (χ0v) is 15.6. The maximum Gasteiger partial charge on any atom is 0.238 e. The Labute approximate surface area is 141 Å². The molecule has 1 saturated carbocycles. The molecule has 1 aliphatic carbocycles. The molecule has 1 amide bonds. The van der Waals surface area contributed by atoms with Gasteiger partial charge in [0.1, 0.15) is 5.25 Å². The van der Waals surface area contributed by atoms with Crippen molar-refractivity contribution in [2.45, 2.75) is 75.3 Å². The van der Waals surface area contributed by atoms with E-state index < -0.39 is 15.1 Å². The molecule has 1 atom stereocenters. The minimum atomic E-state index is -3.41. The molecule has 0 unspecified atom stereocenters. The lowest BCUT2D eigenvalue weighted by molar-refractivity contribution is -0.122. The van der Waals surface area contributed by atoms with Gasteiger partial charge in [-0.2, -0.15) is 0 Å². The maximum atomic E-state index is 13.0. The van der Waals surface area contributed by atoms with Gasteiger partial charge < -0.3 is 10.2 Å². The summed E-state index contributed by atoms with van der Waals surface area (Å²) in [5.41, 5.74) is 0. The second-order valence-corrected chi connectivity index (χ2v) is 9.95. The third kappa shape index (κ3) is 4.69. The van der Waals surface area contributed by atoms with Crippen molar-refractivity contribution in [2.75, 3.05) is 20.1 Å². The molecule has 0 aromatic rings. The topological polar surface area (TPSA) is 66.5 Å². The van der Waals surface area contributed by atoms with Crippen molar-refractivity contribution >= 4 is 15.7 Å². The van der Waals surface area contributed by atoms with Crippen molar-refractivity contribution in [1.29, 1.82) is 0 Å². The number of likely N-dealkylation sites (tertiary alicyclic amines) is 1. The Bertz CT molecular complexity index is 490. The van der Waals surface area contributed by atoms with Crippen molar-refractivity contribution in [2.24, 2.45) is 5.92 Å². The molecule has 0 radical (unpaired) electrons. The highest BCUT2D eigenvalue weighted by Crippen LogP contribution is 2.29. The molecule has 0 aromatic carbocycles. The lowest BCUT2D eigenvalue weighted by atomic mass is 10.0. The summed E-state index contributed by atoms with van der Waals surface area (Å²) in [4.78, 5) is 15.0. The van der Waals surface area contributed by atoms with E-state index in [-0.39, 0.29) is 23.1 Å². The Morgan fingerprint density at radius 1 is 1.04 bits per heavy atom. The third-order valence-electron chi connectivity index (χ3n) is 5.30. The van der Waals surface area contributed by atoms with Crippen LogP contribution in [0.3, 0.4) is 0 Å². The Hall–Kier alpha value is -0.620. The summed E-state index contributed by atoms with van der Waals surface area (Å²) >= 11 is 0. The van der Waals surface area contributed by atoms with Gasteiger partial charge in [-0.25, -0.2) is 8.42 Å². The van der Waals surface area contributed by atoms with Gasteiger partial charge in [0, 0.05) is 6.04 Å². The van der Waals surface area contributed by atoms with Gasteiger partial charge in [-0.1, -0.05) is 33.1 Å². The molecule has 0 aromatic heterocycles. The highest BCUT2D eigenvalue weighted by molar-refractivity contribution is 7.93. The SMILES string of the molecule is CC(C)[C@H](C(=O)NC1CCN(C)CC1)S(=O)(=O)C1CCCCC1. The summed E-state index contributed by atoms with van der Waals surface area (Å²) in [7, 11) is -1.33. The molecule has 134 valence electrons. The number of hydrogen-bond donors (Lipinski definition) is 1. The smallest absolute Gasteiger partial charge is 0.238 e. The van der Waals surface area contributed by atoms with Crippen LogP contribution in [-0.2, 0) is 14.6 Å². The fraction of sp³-hybridized carbons (Fsp3) is 0.941. The molecule has 2 aliphatic rings. The van der Waals surface area contributed by atoms with Crippen LogP contribution in [0.15, 0.2) is 0 Å². The molecule has 2 rings (SSSR count). The summed E-state index contributed by atoms with van der Waals surface area (Å²) in [6.07, 6.45) is 6.27. The van der Waals surface area contributed by atoms with E-state index in [4.69, 9.17) is 0 Å². The van der Waals surface area contributed by atoms with Crippen LogP contribution < -0.4 is 5.32 Å². The largest absolute Gasteiger partial charge is 0.352 e. The van der Waals surface area contributed by atoms with E-state index in [1.165, 1.54) is 0 Å². The summed E-state index contributed by atoms with van der Waals surface area (Å²) in [5, 5.41) is 1.80. The van der Waals surface area contributed by atoms with Crippen LogP contribution in [0.1, 0.15) is 58.8 Å². The quantitative estimate of drug-likeness (QED) is 0.828. The van der Waals surface area contributed by atoms with E-state index in [1.807, 2.05) is 13.8 Å². The van der Waals surface area contributed by atoms with Crippen molar-refractivity contribution in [3.05, 3.63) is 0 Å². The Balaban J connectivity index is 2.06. The zero-order valence-electron chi connectivity index (χ0n) is 14.8. The third-order valence-corrected chi connectivity index (χ3v) is 8.17. The van der Waals surface area contributed by atoms with Crippen LogP contribution in [0.25, 0.3) is 0 Å². The summed E-state index contributed by atoms with van der Waals surface area (Å²) in [5.74, 6) is -0.465. The van der Waals surface area contributed by atoms with E-state index in [1.54, 1.807) is 0 Å². The number of nitrogens with one attached hydrogen (secondary N) is 1. The minimum Gasteiger partial charge on any atom is -0.352 e. The van der Waals surface area contributed by atoms with Gasteiger partial charge in [0.15, 0.2) is 9.84 Å². The number of hydrogen-bond acceptors (Lipinski definition) is 4. The number of rotatable bonds is 5. The van der Waals surface area contributed by atoms with Gasteiger partial charge in [0.05, 0.1) is 5.25 Å². The fourth-order valence-corrected chi connectivity index (χ4v) is 6.40. The van der Waals surface area contributed by atoms with Crippen LogP contribution >= 0.6 is 0 Å². The van der Waals surface area contributed by atoms with E-state index in [9.17, 15) is 13.2 Å². The van der Waals surface area contributed by atoms with E-state index in [0.717, 1.165) is 45.2 Å². The molecule has 1 N–H and O–H groups in total. The first-order valence-electron chi connectivity index (χ1n) is 9.04. The molecule has 23 heavy (non-hydrogen) atoms. The molecule has 2 fully saturated rings. The number of sulfone groups is 1. The molecular weight excluding hydrogens is 312 g/mol. The van der Waals surface area contributed by atoms with Crippen LogP contribution in [0.2, 0.25) is 0 Å². The number of nitrogens with zero attached hydrogens (tertiary/aromatic N) is 1. The van der Waals surface area contributed by atoms with E-state index >= 15 is 0 Å². The summed E-state index contributed by atoms with van der Waals surface area (Å²) in [6.45, 7) is 5.60. The molecular formula is C17H32N2O3S. The van der Waals surface area contributed by atoms with Gasteiger partial charge >= 0.3 is 0 Å². The number of piperidine rings is 1. The summed E-state index contributed by atoms with van der Waals surface area (Å²) in [6, 6.07) is 0.113. The Morgan fingerprint density at radius 3 is 2.13 bits per heavy atom. The van der Waals surface area contributed by atoms with Crippen molar-refractivity contribution in [1.82, 2.24) is 10.2 Å². The molecule has 0 spiro atoms. The molecule has 5 nitrogen and oxygen atoms in total. The zero-order chi connectivity index (χ0) is 17.0. The molecule has 0 bridgehead atoms. The van der Waals surface area contributed by atoms with Gasteiger partial charge in [-0.05, 0) is 51.7 Å². The van der Waals surface area contributed by atoms with E-state index in [2.05, 4.69) is 17.3 Å². The second kappa shape index (κ2) is 7.97. The van der Waals surface area contributed by atoms with Gasteiger partial charge in [-0.3, -0.25) is 4.79 Å². The van der Waals surface area contributed by atoms with Crippen LogP contribution in [0, 0.1) is 5.92 Å². The van der Waals surface area contributed by atoms with Crippen molar-refractivity contribution in [3.63, 3.8) is 0 Å². The fourth-order valence-electron chi connectivity index (χ4n) is 3.87. The van der Waals surface area contributed by atoms with Crippen molar-refractivity contribution < 1.29 is 13.2 Å². The second-order valence-electron chi connectivity index (χ2n) is 7.60. The Kier molecular flexibility index (Phi) is 6.48. The molecule has 1 heterocycles. The predicted molar refractivity (Wildman–Crippen MR) is 93.1 cm³/mol. The van der Waals surface area contributed by atoms with Crippen LogP contribution in [-0.4, -0.2) is 55.9 Å². The summed E-state index contributed by atoms with van der Waals surface area (Å²) < 4.78 is 26.0. The van der Waals surface area contributed by atoms with Gasteiger partial charge in [0.25, 0.3) is 0 Å². The first-order chi connectivity index (χ1) is 10.8. The van der Waals surface area contributed by atoms with Gasteiger partial charge in [0.2, 0.25) is 5.91 Å². The monoisotopic (exact) mass is 344 g/mol. The van der Waals surface area contributed by atoms with Crippen LogP contribution in [0.5, 0.6) is 0 Å². The lowest BCUT2D eigenvalue weighted by Crippen LogP contribution is -2.52. The predicted octanol–water partition coefficient (Wildman–Crippen LogP) is 1.97. The number of carbonyl (C=O) groups excluding carboxylic acids is 1. The number of amides is 1. The van der Waals surface area contributed by atoms with Gasteiger partial charge in [-0.15, -0.1) is 0 Å². The number of carbonyl (C=O) groups is 1. The van der Waals surface area contributed by atoms with Crippen LogP contribution in [0.4, 0.5) is 0 Å².